The normalized spacial score (nSPS) is 10.8. The number of nitrogens with one attached hydrogen (secondary N) is 1. The number of hydrogen-bond donors (Lipinski definition) is 1. The molecule has 0 radical (unpaired) electrons. The second-order valence-electron chi connectivity index (χ2n) is 6.33. The van der Waals surface area contributed by atoms with E-state index in [4.69, 9.17) is 15.6 Å². The molecule has 0 fully saturated rings. The fourth-order valence-electron chi connectivity index (χ4n) is 3.19. The van der Waals surface area contributed by atoms with E-state index in [-0.39, 0.29) is 24.4 Å². The fourth-order valence-corrected chi connectivity index (χ4v) is 3.19. The Kier molecular flexibility index (Phi) is 4.75. The Hall–Kier alpha value is -4.05. The van der Waals surface area contributed by atoms with E-state index in [1.165, 1.54) is 4.68 Å². The molecule has 1 amide bonds. The molecule has 7 heteroatoms. The summed E-state index contributed by atoms with van der Waals surface area (Å²) < 4.78 is 12.1. The number of benzene rings is 2. The predicted molar refractivity (Wildman–Crippen MR) is 109 cm³/mol. The van der Waals surface area contributed by atoms with Crippen LogP contribution in [-0.2, 0) is 13.1 Å². The van der Waals surface area contributed by atoms with Crippen molar-refractivity contribution in [1.82, 2.24) is 15.1 Å². The van der Waals surface area contributed by atoms with Gasteiger partial charge in [0.1, 0.15) is 6.54 Å². The number of aromatic nitrogens is 2. The minimum absolute atomic E-state index is 0.0496. The van der Waals surface area contributed by atoms with Gasteiger partial charge in [0, 0.05) is 10.8 Å². The highest BCUT2D eigenvalue weighted by Crippen LogP contribution is 2.28. The molecule has 0 unspecified atom stereocenters. The van der Waals surface area contributed by atoms with Crippen molar-refractivity contribution in [3.05, 3.63) is 70.3 Å². The summed E-state index contributed by atoms with van der Waals surface area (Å²) >= 11 is 0. The summed E-state index contributed by atoms with van der Waals surface area (Å²) in [5, 5.41) is 9.04. The molecule has 4 rings (SSSR count). The lowest BCUT2D eigenvalue weighted by Crippen LogP contribution is -2.28. The summed E-state index contributed by atoms with van der Waals surface area (Å²) in [5.41, 5.74) is 0.779. The summed E-state index contributed by atoms with van der Waals surface area (Å²) in [7, 11) is 1.54. The summed E-state index contributed by atoms with van der Waals surface area (Å²) in [4.78, 5) is 25.1. The van der Waals surface area contributed by atoms with Gasteiger partial charge in [0.05, 0.1) is 24.7 Å². The zero-order valence-electron chi connectivity index (χ0n) is 15.6. The first-order chi connectivity index (χ1) is 14.1. The van der Waals surface area contributed by atoms with E-state index in [2.05, 4.69) is 16.3 Å². The molecule has 2 aromatic carbocycles. The van der Waals surface area contributed by atoms with Crippen LogP contribution in [0.15, 0.2) is 57.7 Å². The fraction of sp³-hybridized carbons (Fsp3) is 0.136. The van der Waals surface area contributed by atoms with E-state index in [1.54, 1.807) is 37.4 Å². The van der Waals surface area contributed by atoms with E-state index in [0.29, 0.717) is 27.8 Å². The van der Waals surface area contributed by atoms with Crippen LogP contribution in [0.5, 0.6) is 5.75 Å². The highest BCUT2D eigenvalue weighted by molar-refractivity contribution is 5.97. The molecule has 0 saturated heterocycles. The predicted octanol–water partition coefficient (Wildman–Crippen LogP) is 2.71. The van der Waals surface area contributed by atoms with Crippen LogP contribution in [-0.4, -0.2) is 22.8 Å². The lowest BCUT2D eigenvalue weighted by molar-refractivity contribution is 0.0924. The third-order valence-corrected chi connectivity index (χ3v) is 4.55. The van der Waals surface area contributed by atoms with Gasteiger partial charge < -0.3 is 14.5 Å². The molecule has 29 heavy (non-hydrogen) atoms. The van der Waals surface area contributed by atoms with E-state index < -0.39 is 5.91 Å². The van der Waals surface area contributed by atoms with Crippen molar-refractivity contribution in [3.63, 3.8) is 0 Å². The maximum atomic E-state index is 12.6. The third kappa shape index (κ3) is 3.32. The Bertz CT molecular complexity index is 1330. The van der Waals surface area contributed by atoms with Crippen molar-refractivity contribution in [2.45, 2.75) is 13.1 Å². The average Bonchev–Trinajstić information content (AvgIpc) is 3.19. The number of nitrogens with zero attached hydrogens (tertiary/aromatic N) is 2. The second kappa shape index (κ2) is 7.52. The molecule has 0 bridgehead atoms. The number of ether oxygens (including phenoxy) is 1. The first kappa shape index (κ1) is 18.3. The molecule has 7 nitrogen and oxygen atoms in total. The molecule has 0 saturated carbocycles. The number of para-hydroxylation sites is 1. The number of amides is 1. The maximum Gasteiger partial charge on any atom is 0.287 e. The van der Waals surface area contributed by atoms with Crippen LogP contribution in [0.1, 0.15) is 16.2 Å². The van der Waals surface area contributed by atoms with Gasteiger partial charge in [-0.05, 0) is 18.2 Å². The molecule has 0 aliphatic carbocycles. The molecular formula is C22H17N3O4. The molecule has 144 valence electrons. The molecule has 2 heterocycles. The smallest absolute Gasteiger partial charge is 0.287 e. The first-order valence-corrected chi connectivity index (χ1v) is 8.89. The van der Waals surface area contributed by atoms with Gasteiger partial charge in [-0.2, -0.15) is 5.10 Å². The van der Waals surface area contributed by atoms with Crippen LogP contribution in [0.25, 0.3) is 21.7 Å². The minimum Gasteiger partial charge on any atom is -0.493 e. The Labute approximate surface area is 165 Å². The van der Waals surface area contributed by atoms with Crippen LogP contribution in [0.3, 0.4) is 0 Å². The van der Waals surface area contributed by atoms with Crippen molar-refractivity contribution in [1.29, 1.82) is 0 Å². The van der Waals surface area contributed by atoms with Crippen LogP contribution >= 0.6 is 0 Å². The standard InChI is InChI=1S/C22H17N3O4/c1-3-11-25-22(27)16-9-5-4-8-15(16)17(24-25)13-23-21(26)19-12-14-7-6-10-18(28-2)20(14)29-19/h1,4-10,12H,11,13H2,2H3,(H,23,26). The third-order valence-electron chi connectivity index (χ3n) is 4.55. The minimum atomic E-state index is -0.399. The van der Waals surface area contributed by atoms with E-state index >= 15 is 0 Å². The maximum absolute atomic E-state index is 12.6. The van der Waals surface area contributed by atoms with Crippen molar-refractivity contribution in [3.8, 4) is 18.1 Å². The van der Waals surface area contributed by atoms with Gasteiger partial charge >= 0.3 is 0 Å². The van der Waals surface area contributed by atoms with Gasteiger partial charge in [-0.3, -0.25) is 9.59 Å². The van der Waals surface area contributed by atoms with Gasteiger partial charge in [0.15, 0.2) is 17.1 Å². The van der Waals surface area contributed by atoms with Crippen LogP contribution in [0.4, 0.5) is 0 Å². The Morgan fingerprint density at radius 3 is 2.79 bits per heavy atom. The Morgan fingerprint density at radius 2 is 2.03 bits per heavy atom. The Morgan fingerprint density at radius 1 is 1.24 bits per heavy atom. The van der Waals surface area contributed by atoms with Gasteiger partial charge in [0.2, 0.25) is 0 Å². The topological polar surface area (TPSA) is 86.4 Å². The number of furan rings is 1. The van der Waals surface area contributed by atoms with Crippen LogP contribution in [0, 0.1) is 12.3 Å². The van der Waals surface area contributed by atoms with Crippen molar-refractivity contribution < 1.29 is 13.9 Å². The van der Waals surface area contributed by atoms with Gasteiger partial charge in [-0.15, -0.1) is 6.42 Å². The number of hydrogen-bond acceptors (Lipinski definition) is 5. The molecule has 0 aliphatic rings. The van der Waals surface area contributed by atoms with Crippen molar-refractivity contribution in [2.24, 2.45) is 0 Å². The zero-order valence-corrected chi connectivity index (χ0v) is 15.6. The molecule has 1 N–H and O–H groups in total. The van der Waals surface area contributed by atoms with Crippen LogP contribution in [0.2, 0.25) is 0 Å². The molecule has 0 atom stereocenters. The van der Waals surface area contributed by atoms with Crippen molar-refractivity contribution in [2.75, 3.05) is 7.11 Å². The monoisotopic (exact) mass is 387 g/mol. The summed E-state index contributed by atoms with van der Waals surface area (Å²) in [6, 6.07) is 14.2. The lowest BCUT2D eigenvalue weighted by atomic mass is 10.1. The van der Waals surface area contributed by atoms with Crippen LogP contribution < -0.4 is 15.6 Å². The summed E-state index contributed by atoms with van der Waals surface area (Å²) in [5.74, 6) is 2.73. The summed E-state index contributed by atoms with van der Waals surface area (Å²) in [6.07, 6.45) is 5.34. The zero-order chi connectivity index (χ0) is 20.4. The van der Waals surface area contributed by atoms with Gasteiger partial charge in [0.25, 0.3) is 11.5 Å². The largest absolute Gasteiger partial charge is 0.493 e. The highest BCUT2D eigenvalue weighted by atomic mass is 16.5. The molecule has 0 aliphatic heterocycles. The number of methoxy groups -OCH3 is 1. The highest BCUT2D eigenvalue weighted by Gasteiger charge is 2.16. The quantitative estimate of drug-likeness (QED) is 0.532. The Balaban J connectivity index is 1.65. The molecule has 4 aromatic rings. The number of carbonyl (C=O) groups is 1. The summed E-state index contributed by atoms with van der Waals surface area (Å²) in [6.45, 7) is 0.159. The molecule has 0 spiro atoms. The SMILES string of the molecule is C#CCn1nc(CNC(=O)c2cc3cccc(OC)c3o2)c2ccccc2c1=O. The lowest BCUT2D eigenvalue weighted by Gasteiger charge is -2.10. The number of fused-ring (bicyclic) bond motifs is 2. The van der Waals surface area contributed by atoms with Gasteiger partial charge in [-0.1, -0.05) is 36.3 Å². The first-order valence-electron chi connectivity index (χ1n) is 8.89. The van der Waals surface area contributed by atoms with Crippen molar-refractivity contribution >= 4 is 27.6 Å². The number of carbonyl (C=O) groups excluding carboxylic acids is 1. The molecule has 2 aromatic heterocycles. The second-order valence-corrected chi connectivity index (χ2v) is 6.33. The van der Waals surface area contributed by atoms with E-state index in [9.17, 15) is 9.59 Å². The van der Waals surface area contributed by atoms with E-state index in [1.807, 2.05) is 18.2 Å². The van der Waals surface area contributed by atoms with E-state index in [0.717, 1.165) is 5.39 Å². The average molecular weight is 387 g/mol. The number of rotatable bonds is 5. The van der Waals surface area contributed by atoms with Gasteiger partial charge in [-0.25, -0.2) is 4.68 Å². The number of terminal acetylenes is 1. The molecular weight excluding hydrogens is 370 g/mol.